The fourth-order valence-electron chi connectivity index (χ4n) is 1.59. The largest absolute Gasteiger partial charge is 0.383 e. The summed E-state index contributed by atoms with van der Waals surface area (Å²) in [5.74, 6) is 0. The van der Waals surface area contributed by atoms with Crippen LogP contribution in [0, 0.1) is 0 Å². The minimum Gasteiger partial charge on any atom is -0.383 e. The summed E-state index contributed by atoms with van der Waals surface area (Å²) in [6.07, 6.45) is 4.63. The first-order chi connectivity index (χ1) is 8.66. The van der Waals surface area contributed by atoms with E-state index in [1.165, 1.54) is 5.56 Å². The van der Waals surface area contributed by atoms with Gasteiger partial charge in [0.25, 0.3) is 0 Å². The number of anilines is 1. The number of nitrogens with zero attached hydrogens (tertiary/aromatic N) is 1. The second-order valence-corrected chi connectivity index (χ2v) is 6.41. The third-order valence-corrected chi connectivity index (χ3v) is 4.15. The van der Waals surface area contributed by atoms with Gasteiger partial charge in [-0.05, 0) is 62.0 Å². The van der Waals surface area contributed by atoms with Crippen LogP contribution in [0.3, 0.4) is 0 Å². The molecule has 0 aliphatic rings. The zero-order valence-corrected chi connectivity index (χ0v) is 14.2. The van der Waals surface area contributed by atoms with E-state index in [1.807, 2.05) is 24.4 Å². The van der Waals surface area contributed by atoms with E-state index in [2.05, 4.69) is 64.2 Å². The molecular weight excluding hydrogens is 424 g/mol. The molecule has 0 amide bonds. The zero-order valence-electron chi connectivity index (χ0n) is 9.46. The van der Waals surface area contributed by atoms with Crippen molar-refractivity contribution >= 4 is 53.5 Å². The smallest absolute Gasteiger partial charge is 0.0629 e. The number of nitrogens with one attached hydrogen (secondary N) is 1. The van der Waals surface area contributed by atoms with Crippen LogP contribution in [0.1, 0.15) is 5.56 Å². The number of rotatable bonds is 4. The Morgan fingerprint density at radius 1 is 1.11 bits per heavy atom. The molecule has 1 aromatic carbocycles. The third-order valence-electron chi connectivity index (χ3n) is 2.45. The summed E-state index contributed by atoms with van der Waals surface area (Å²) >= 11 is 10.6. The van der Waals surface area contributed by atoms with Crippen LogP contribution >= 0.6 is 47.8 Å². The molecule has 0 atom stereocenters. The van der Waals surface area contributed by atoms with Gasteiger partial charge in [0.1, 0.15) is 0 Å². The van der Waals surface area contributed by atoms with Gasteiger partial charge in [0.15, 0.2) is 0 Å². The summed E-state index contributed by atoms with van der Waals surface area (Å²) < 4.78 is 3.11. The van der Waals surface area contributed by atoms with Crippen molar-refractivity contribution in [3.8, 4) is 0 Å². The average Bonchev–Trinajstić information content (AvgIpc) is 2.34. The Morgan fingerprint density at radius 3 is 2.44 bits per heavy atom. The molecule has 0 radical (unpaired) electrons. The van der Waals surface area contributed by atoms with Gasteiger partial charge in [-0.2, -0.15) is 0 Å². The lowest BCUT2D eigenvalue weighted by molar-refractivity contribution is 1.00. The predicted octanol–water partition coefficient (Wildman–Crippen LogP) is 5.02. The lowest BCUT2D eigenvalue weighted by Crippen LogP contribution is -2.06. The number of pyridine rings is 1. The van der Waals surface area contributed by atoms with Gasteiger partial charge in [0.05, 0.1) is 5.69 Å². The normalized spacial score (nSPS) is 10.4. The van der Waals surface area contributed by atoms with Crippen LogP contribution < -0.4 is 5.32 Å². The van der Waals surface area contributed by atoms with Crippen LogP contribution in [0.2, 0.25) is 0 Å². The molecule has 0 spiro atoms. The van der Waals surface area contributed by atoms with Crippen molar-refractivity contribution in [2.24, 2.45) is 0 Å². The highest BCUT2D eigenvalue weighted by Gasteiger charge is 2.06. The van der Waals surface area contributed by atoms with Crippen LogP contribution in [-0.2, 0) is 6.42 Å². The lowest BCUT2D eigenvalue weighted by Gasteiger charge is -2.11. The van der Waals surface area contributed by atoms with Crippen molar-refractivity contribution in [3.05, 3.63) is 55.6 Å². The Hall–Kier alpha value is -0.390. The molecule has 2 rings (SSSR count). The topological polar surface area (TPSA) is 24.9 Å². The lowest BCUT2D eigenvalue weighted by atomic mass is 10.2. The minimum absolute atomic E-state index is 0.866. The Labute approximate surface area is 132 Å². The molecule has 5 heteroatoms. The van der Waals surface area contributed by atoms with Gasteiger partial charge in [-0.3, -0.25) is 4.98 Å². The van der Waals surface area contributed by atoms with E-state index in [1.54, 1.807) is 6.20 Å². The maximum atomic E-state index is 4.10. The maximum Gasteiger partial charge on any atom is 0.0629 e. The van der Waals surface area contributed by atoms with Crippen LogP contribution in [0.25, 0.3) is 0 Å². The first-order valence-electron chi connectivity index (χ1n) is 5.44. The molecule has 1 aromatic heterocycles. The molecular formula is C13H11Br3N2. The summed E-state index contributed by atoms with van der Waals surface area (Å²) in [5, 5.41) is 3.41. The van der Waals surface area contributed by atoms with Gasteiger partial charge < -0.3 is 5.32 Å². The van der Waals surface area contributed by atoms with E-state index < -0.39 is 0 Å². The Kier molecular flexibility index (Phi) is 5.21. The highest BCUT2D eigenvalue weighted by molar-refractivity contribution is 9.11. The van der Waals surface area contributed by atoms with Crippen LogP contribution in [-0.4, -0.2) is 11.5 Å². The van der Waals surface area contributed by atoms with E-state index in [4.69, 9.17) is 0 Å². The zero-order chi connectivity index (χ0) is 13.0. The van der Waals surface area contributed by atoms with Crippen molar-refractivity contribution < 1.29 is 0 Å². The van der Waals surface area contributed by atoms with Crippen molar-refractivity contribution in [1.82, 2.24) is 4.98 Å². The van der Waals surface area contributed by atoms with Gasteiger partial charge in [-0.1, -0.05) is 22.0 Å². The number of aromatic nitrogens is 1. The number of hydrogen-bond donors (Lipinski definition) is 1. The second kappa shape index (κ2) is 6.68. The Balaban J connectivity index is 1.99. The van der Waals surface area contributed by atoms with Crippen molar-refractivity contribution in [2.45, 2.75) is 6.42 Å². The van der Waals surface area contributed by atoms with Gasteiger partial charge in [-0.15, -0.1) is 0 Å². The number of benzene rings is 1. The van der Waals surface area contributed by atoms with Gasteiger partial charge in [0, 0.05) is 32.4 Å². The highest BCUT2D eigenvalue weighted by atomic mass is 79.9. The molecule has 18 heavy (non-hydrogen) atoms. The SMILES string of the molecule is Brc1cc(Br)c(NCCc2cccnc2)c(Br)c1. The molecule has 2 aromatic rings. The van der Waals surface area contributed by atoms with Crippen LogP contribution in [0.15, 0.2) is 50.1 Å². The molecule has 0 aliphatic carbocycles. The fraction of sp³-hybridized carbons (Fsp3) is 0.154. The number of hydrogen-bond acceptors (Lipinski definition) is 2. The van der Waals surface area contributed by atoms with E-state index in [9.17, 15) is 0 Å². The third kappa shape index (κ3) is 3.80. The van der Waals surface area contributed by atoms with Gasteiger partial charge in [0.2, 0.25) is 0 Å². The fourth-order valence-corrected chi connectivity index (χ4v) is 4.13. The standard InChI is InChI=1S/C13H11Br3N2/c14-10-6-11(15)13(12(16)7-10)18-5-3-9-2-1-4-17-8-9/h1-2,4,6-8,18H,3,5H2. The second-order valence-electron chi connectivity index (χ2n) is 3.78. The molecule has 0 saturated carbocycles. The molecule has 0 aliphatic heterocycles. The molecule has 0 saturated heterocycles. The molecule has 94 valence electrons. The summed E-state index contributed by atoms with van der Waals surface area (Å²) in [6.45, 7) is 0.866. The molecule has 0 bridgehead atoms. The highest BCUT2D eigenvalue weighted by Crippen LogP contribution is 2.34. The number of halogens is 3. The van der Waals surface area contributed by atoms with E-state index in [0.29, 0.717) is 0 Å². The predicted molar refractivity (Wildman–Crippen MR) is 86.0 cm³/mol. The molecule has 0 unspecified atom stereocenters. The van der Waals surface area contributed by atoms with Crippen molar-refractivity contribution in [2.75, 3.05) is 11.9 Å². The Morgan fingerprint density at radius 2 is 1.83 bits per heavy atom. The van der Waals surface area contributed by atoms with Gasteiger partial charge >= 0.3 is 0 Å². The maximum absolute atomic E-state index is 4.10. The summed E-state index contributed by atoms with van der Waals surface area (Å²) in [6, 6.07) is 8.09. The van der Waals surface area contributed by atoms with Crippen LogP contribution in [0.4, 0.5) is 5.69 Å². The van der Waals surface area contributed by atoms with Crippen LogP contribution in [0.5, 0.6) is 0 Å². The average molecular weight is 435 g/mol. The van der Waals surface area contributed by atoms with E-state index in [-0.39, 0.29) is 0 Å². The monoisotopic (exact) mass is 432 g/mol. The molecule has 1 N–H and O–H groups in total. The molecule has 2 nitrogen and oxygen atoms in total. The minimum atomic E-state index is 0.866. The van der Waals surface area contributed by atoms with Crippen molar-refractivity contribution in [3.63, 3.8) is 0 Å². The van der Waals surface area contributed by atoms with E-state index >= 15 is 0 Å². The van der Waals surface area contributed by atoms with Crippen molar-refractivity contribution in [1.29, 1.82) is 0 Å². The summed E-state index contributed by atoms with van der Waals surface area (Å²) in [7, 11) is 0. The summed E-state index contributed by atoms with van der Waals surface area (Å²) in [5.41, 5.74) is 2.30. The molecule has 0 fully saturated rings. The van der Waals surface area contributed by atoms with E-state index in [0.717, 1.165) is 32.1 Å². The summed E-state index contributed by atoms with van der Waals surface area (Å²) in [4.78, 5) is 4.10. The van der Waals surface area contributed by atoms with Gasteiger partial charge in [-0.25, -0.2) is 0 Å². The quantitative estimate of drug-likeness (QED) is 0.730. The first-order valence-corrected chi connectivity index (χ1v) is 7.82. The molecule has 1 heterocycles. The Bertz CT molecular complexity index is 506. The first kappa shape index (κ1) is 14.0.